The fourth-order valence-electron chi connectivity index (χ4n) is 2.20. The fraction of sp³-hybridized carbons (Fsp3) is 0.688. The molecule has 0 atom stereocenters. The van der Waals surface area contributed by atoms with Gasteiger partial charge in [-0.15, -0.1) is 11.7 Å². The third-order valence-corrected chi connectivity index (χ3v) is 5.18. The first-order chi connectivity index (χ1) is 11.5. The molecule has 0 aromatic carbocycles. The van der Waals surface area contributed by atoms with E-state index in [2.05, 4.69) is 23.6 Å². The molecular weight excluding hydrogens is 328 g/mol. The molecule has 0 unspecified atom stereocenters. The predicted octanol–water partition coefficient (Wildman–Crippen LogP) is 2.89. The Labute approximate surface area is 144 Å². The SMILES string of the molecule is C=CCN(CCCCCC)C(=O)n1cnc(S(=O)(=O)CCCC)n1. The Morgan fingerprint density at radius 3 is 2.58 bits per heavy atom. The van der Waals surface area contributed by atoms with E-state index in [1.807, 2.05) is 6.92 Å². The van der Waals surface area contributed by atoms with Gasteiger partial charge in [0, 0.05) is 13.1 Å². The maximum absolute atomic E-state index is 12.5. The Bertz CT molecular complexity index is 625. The van der Waals surface area contributed by atoms with Crippen molar-refractivity contribution in [3.63, 3.8) is 0 Å². The molecular formula is C16H28N4O3S. The van der Waals surface area contributed by atoms with Crippen LogP contribution in [0.1, 0.15) is 52.4 Å². The maximum Gasteiger partial charge on any atom is 0.346 e. The lowest BCUT2D eigenvalue weighted by atomic mass is 10.2. The molecule has 24 heavy (non-hydrogen) atoms. The highest BCUT2D eigenvalue weighted by Crippen LogP contribution is 2.08. The zero-order chi connectivity index (χ0) is 18.0. The van der Waals surface area contributed by atoms with Gasteiger partial charge in [0.25, 0.3) is 5.16 Å². The van der Waals surface area contributed by atoms with Crippen molar-refractivity contribution in [2.75, 3.05) is 18.8 Å². The highest BCUT2D eigenvalue weighted by atomic mass is 32.2. The summed E-state index contributed by atoms with van der Waals surface area (Å²) in [6.07, 6.45) is 8.32. The maximum atomic E-state index is 12.5. The minimum absolute atomic E-state index is 0.00487. The summed E-state index contributed by atoms with van der Waals surface area (Å²) in [5.74, 6) is -0.00487. The zero-order valence-electron chi connectivity index (χ0n) is 14.6. The van der Waals surface area contributed by atoms with Crippen molar-refractivity contribution >= 4 is 15.9 Å². The minimum Gasteiger partial charge on any atom is -0.319 e. The van der Waals surface area contributed by atoms with E-state index in [-0.39, 0.29) is 16.9 Å². The summed E-state index contributed by atoms with van der Waals surface area (Å²) in [5.41, 5.74) is 0. The number of amides is 1. The monoisotopic (exact) mass is 356 g/mol. The van der Waals surface area contributed by atoms with Gasteiger partial charge in [-0.2, -0.15) is 4.68 Å². The predicted molar refractivity (Wildman–Crippen MR) is 93.7 cm³/mol. The number of sulfone groups is 1. The molecule has 0 radical (unpaired) electrons. The Morgan fingerprint density at radius 2 is 1.96 bits per heavy atom. The van der Waals surface area contributed by atoms with Crippen molar-refractivity contribution in [1.29, 1.82) is 0 Å². The number of unbranched alkanes of at least 4 members (excludes halogenated alkanes) is 4. The van der Waals surface area contributed by atoms with Gasteiger partial charge in [-0.1, -0.05) is 45.6 Å². The van der Waals surface area contributed by atoms with E-state index in [9.17, 15) is 13.2 Å². The van der Waals surface area contributed by atoms with E-state index >= 15 is 0 Å². The molecule has 1 rings (SSSR count). The second-order valence-electron chi connectivity index (χ2n) is 5.72. The van der Waals surface area contributed by atoms with E-state index in [1.54, 1.807) is 11.0 Å². The van der Waals surface area contributed by atoms with Crippen LogP contribution in [-0.4, -0.2) is 53.0 Å². The third kappa shape index (κ3) is 6.07. The smallest absolute Gasteiger partial charge is 0.319 e. The van der Waals surface area contributed by atoms with Crippen molar-refractivity contribution in [2.24, 2.45) is 0 Å². The Kier molecular flexibility index (Phi) is 8.67. The molecule has 0 saturated carbocycles. The zero-order valence-corrected chi connectivity index (χ0v) is 15.5. The summed E-state index contributed by atoms with van der Waals surface area (Å²) in [6, 6.07) is -0.379. The molecule has 0 saturated heterocycles. The van der Waals surface area contributed by atoms with Gasteiger partial charge < -0.3 is 4.90 Å². The number of hydrogen-bond acceptors (Lipinski definition) is 5. The molecule has 1 heterocycles. The number of rotatable bonds is 11. The van der Waals surface area contributed by atoms with Crippen LogP contribution in [0.2, 0.25) is 0 Å². The first-order valence-electron chi connectivity index (χ1n) is 8.50. The molecule has 1 aromatic rings. The van der Waals surface area contributed by atoms with E-state index in [4.69, 9.17) is 0 Å². The summed E-state index contributed by atoms with van der Waals surface area (Å²) in [4.78, 5) is 17.9. The number of aromatic nitrogens is 3. The standard InChI is InChI=1S/C16H28N4O3S/c1-4-7-9-10-12-19(11-6-3)16(21)20-14-17-15(18-20)24(22,23)13-8-5-2/h6,14H,3-5,7-13H2,1-2H3. The van der Waals surface area contributed by atoms with Crippen molar-refractivity contribution < 1.29 is 13.2 Å². The number of carbonyl (C=O) groups is 1. The quantitative estimate of drug-likeness (QED) is 0.449. The topological polar surface area (TPSA) is 85.2 Å². The minimum atomic E-state index is -3.53. The largest absolute Gasteiger partial charge is 0.346 e. The van der Waals surface area contributed by atoms with Crippen LogP contribution in [0.5, 0.6) is 0 Å². The fourth-order valence-corrected chi connectivity index (χ4v) is 3.47. The van der Waals surface area contributed by atoms with Gasteiger partial charge in [0.2, 0.25) is 9.84 Å². The van der Waals surface area contributed by atoms with Crippen molar-refractivity contribution in [2.45, 2.75) is 57.5 Å². The van der Waals surface area contributed by atoms with E-state index in [0.717, 1.165) is 36.8 Å². The lowest BCUT2D eigenvalue weighted by molar-refractivity contribution is 0.200. The molecule has 0 aliphatic rings. The summed E-state index contributed by atoms with van der Waals surface area (Å²) in [5, 5.41) is 3.59. The van der Waals surface area contributed by atoms with Gasteiger partial charge in [-0.05, 0) is 12.8 Å². The highest BCUT2D eigenvalue weighted by Gasteiger charge is 2.22. The van der Waals surface area contributed by atoms with Crippen molar-refractivity contribution in [3.8, 4) is 0 Å². The van der Waals surface area contributed by atoms with Gasteiger partial charge in [0.1, 0.15) is 6.33 Å². The van der Waals surface area contributed by atoms with Crippen LogP contribution in [0.25, 0.3) is 0 Å². The Morgan fingerprint density at radius 1 is 1.25 bits per heavy atom. The number of nitrogens with zero attached hydrogens (tertiary/aromatic N) is 4. The molecule has 8 heteroatoms. The molecule has 0 spiro atoms. The summed E-state index contributed by atoms with van der Waals surface area (Å²) < 4.78 is 25.2. The molecule has 0 N–H and O–H groups in total. The van der Waals surface area contributed by atoms with Gasteiger partial charge in [0.15, 0.2) is 0 Å². The van der Waals surface area contributed by atoms with Crippen LogP contribution in [-0.2, 0) is 9.84 Å². The Balaban J connectivity index is 2.79. The van der Waals surface area contributed by atoms with Crippen LogP contribution in [0.3, 0.4) is 0 Å². The number of hydrogen-bond donors (Lipinski definition) is 0. The van der Waals surface area contributed by atoms with Crippen LogP contribution in [0.15, 0.2) is 24.1 Å². The summed E-state index contributed by atoms with van der Waals surface area (Å²) in [7, 11) is -3.53. The van der Waals surface area contributed by atoms with Crippen LogP contribution >= 0.6 is 0 Å². The van der Waals surface area contributed by atoms with Crippen LogP contribution in [0, 0.1) is 0 Å². The van der Waals surface area contributed by atoms with Crippen LogP contribution in [0.4, 0.5) is 4.79 Å². The normalized spacial score (nSPS) is 11.4. The molecule has 7 nitrogen and oxygen atoms in total. The van der Waals surface area contributed by atoms with Gasteiger partial charge in [0.05, 0.1) is 5.75 Å². The summed E-state index contributed by atoms with van der Waals surface area (Å²) in [6.45, 7) is 8.68. The number of carbonyl (C=O) groups excluding carboxylic acids is 1. The van der Waals surface area contributed by atoms with Gasteiger partial charge >= 0.3 is 6.03 Å². The van der Waals surface area contributed by atoms with Crippen molar-refractivity contribution in [3.05, 3.63) is 19.0 Å². The lowest BCUT2D eigenvalue weighted by Gasteiger charge is -2.20. The van der Waals surface area contributed by atoms with Crippen molar-refractivity contribution in [1.82, 2.24) is 19.7 Å². The average molecular weight is 356 g/mol. The molecule has 136 valence electrons. The molecule has 1 aromatic heterocycles. The molecule has 0 aliphatic heterocycles. The first-order valence-corrected chi connectivity index (χ1v) is 10.2. The third-order valence-electron chi connectivity index (χ3n) is 3.61. The highest BCUT2D eigenvalue weighted by molar-refractivity contribution is 7.91. The average Bonchev–Trinajstić information content (AvgIpc) is 3.06. The second kappa shape index (κ2) is 10.2. The molecule has 0 aliphatic carbocycles. The van der Waals surface area contributed by atoms with E-state index in [0.29, 0.717) is 19.5 Å². The molecule has 0 fully saturated rings. The first kappa shape index (κ1) is 20.3. The molecule has 1 amide bonds. The van der Waals surface area contributed by atoms with Crippen LogP contribution < -0.4 is 0 Å². The van der Waals surface area contributed by atoms with E-state index < -0.39 is 9.84 Å². The van der Waals surface area contributed by atoms with Gasteiger partial charge in [-0.3, -0.25) is 0 Å². The lowest BCUT2D eigenvalue weighted by Crippen LogP contribution is -2.36. The second-order valence-corrected chi connectivity index (χ2v) is 7.72. The van der Waals surface area contributed by atoms with Gasteiger partial charge in [-0.25, -0.2) is 18.2 Å². The van der Waals surface area contributed by atoms with E-state index in [1.165, 1.54) is 6.33 Å². The Hall–Kier alpha value is -1.70. The summed E-state index contributed by atoms with van der Waals surface area (Å²) >= 11 is 0. The molecule has 0 bridgehead atoms.